The Morgan fingerprint density at radius 2 is 0.983 bits per heavy atom. The van der Waals surface area contributed by atoms with Crippen LogP contribution >= 0.6 is 0 Å². The van der Waals surface area contributed by atoms with Crippen molar-refractivity contribution in [3.05, 3.63) is 229 Å². The maximum Gasteiger partial charge on any atom is 0.0544 e. The molecule has 12 aromatic rings. The smallest absolute Gasteiger partial charge is 0.0544 e. The third-order valence-corrected chi connectivity index (χ3v) is 13.0. The molecule has 2 nitrogen and oxygen atoms in total. The Labute approximate surface area is 341 Å². The maximum atomic E-state index is 2.52. The summed E-state index contributed by atoms with van der Waals surface area (Å²) < 4.78 is 4.94. The lowest BCUT2D eigenvalue weighted by Crippen LogP contribution is -2.00. The molecule has 0 aliphatic heterocycles. The normalized spacial score (nSPS) is 13.6. The Balaban J connectivity index is 1.08. The van der Waals surface area contributed by atoms with E-state index in [1.807, 2.05) is 0 Å². The van der Waals surface area contributed by atoms with Gasteiger partial charge in [0.1, 0.15) is 0 Å². The van der Waals surface area contributed by atoms with Gasteiger partial charge in [-0.3, -0.25) is 0 Å². The number of hydrogen-bond acceptors (Lipinski definition) is 0. The van der Waals surface area contributed by atoms with Crippen LogP contribution in [0.1, 0.15) is 22.6 Å². The average Bonchev–Trinajstić information content (AvgIpc) is 3.94. The van der Waals surface area contributed by atoms with E-state index in [1.54, 1.807) is 0 Å². The maximum absolute atomic E-state index is 2.52. The average molecular weight is 749 g/mol. The van der Waals surface area contributed by atoms with E-state index in [1.165, 1.54) is 115 Å². The predicted octanol–water partition coefficient (Wildman–Crippen LogP) is 15.0. The molecule has 0 radical (unpaired) electrons. The summed E-state index contributed by atoms with van der Waals surface area (Å²) in [5.41, 5.74) is 16.4. The van der Waals surface area contributed by atoms with E-state index in [4.69, 9.17) is 0 Å². The van der Waals surface area contributed by atoms with Gasteiger partial charge >= 0.3 is 0 Å². The van der Waals surface area contributed by atoms with Crippen molar-refractivity contribution in [2.75, 3.05) is 0 Å². The Morgan fingerprint density at radius 3 is 1.85 bits per heavy atom. The van der Waals surface area contributed by atoms with Crippen molar-refractivity contribution < 1.29 is 0 Å². The van der Waals surface area contributed by atoms with E-state index in [9.17, 15) is 0 Å². The summed E-state index contributed by atoms with van der Waals surface area (Å²) in [4.78, 5) is 0. The van der Waals surface area contributed by atoms with Gasteiger partial charge in [0.2, 0.25) is 0 Å². The van der Waals surface area contributed by atoms with E-state index in [0.29, 0.717) is 0 Å². The zero-order valence-corrected chi connectivity index (χ0v) is 32.2. The highest BCUT2D eigenvalue weighted by atomic mass is 15.0. The molecule has 2 heteroatoms. The summed E-state index contributed by atoms with van der Waals surface area (Å²) >= 11 is 0. The molecular formula is C57H36N2. The SMILES string of the molecule is c1ccc(C2c3ccccc3-c3ccc4c(c32)c2cc(-c3ccc5c(c3)c3ccccc3n5-c3ccc5ccccc5c3)ccc2n4-c2cccc3ccccc23)cc1. The lowest BCUT2D eigenvalue weighted by atomic mass is 9.87. The number of rotatable bonds is 4. The van der Waals surface area contributed by atoms with E-state index in [-0.39, 0.29) is 5.92 Å². The summed E-state index contributed by atoms with van der Waals surface area (Å²) in [5.74, 6) is 0.124. The second-order valence-electron chi connectivity index (χ2n) is 16.0. The van der Waals surface area contributed by atoms with Gasteiger partial charge in [-0.2, -0.15) is 0 Å². The van der Waals surface area contributed by atoms with E-state index >= 15 is 0 Å². The molecule has 1 unspecified atom stereocenters. The first-order valence-corrected chi connectivity index (χ1v) is 20.5. The van der Waals surface area contributed by atoms with Gasteiger partial charge in [0.05, 0.1) is 27.8 Å². The number of aromatic nitrogens is 2. The minimum atomic E-state index is 0.124. The van der Waals surface area contributed by atoms with Crippen LogP contribution in [0.25, 0.3) is 98.8 Å². The number of fused-ring (bicyclic) bond motifs is 12. The van der Waals surface area contributed by atoms with Gasteiger partial charge in [0.25, 0.3) is 0 Å². The van der Waals surface area contributed by atoms with E-state index < -0.39 is 0 Å². The molecule has 0 amide bonds. The Bertz CT molecular complexity index is 3670. The zero-order valence-electron chi connectivity index (χ0n) is 32.2. The van der Waals surface area contributed by atoms with Gasteiger partial charge in [0.15, 0.2) is 0 Å². The fraction of sp³-hybridized carbons (Fsp3) is 0.0175. The second-order valence-corrected chi connectivity index (χ2v) is 16.0. The second kappa shape index (κ2) is 12.4. The van der Waals surface area contributed by atoms with Crippen LogP contribution in [-0.4, -0.2) is 9.13 Å². The van der Waals surface area contributed by atoms with Crippen molar-refractivity contribution in [3.8, 4) is 33.6 Å². The molecule has 0 saturated carbocycles. The van der Waals surface area contributed by atoms with Gasteiger partial charge in [-0.25, -0.2) is 0 Å². The number of hydrogen-bond donors (Lipinski definition) is 0. The van der Waals surface area contributed by atoms with Crippen LogP contribution in [-0.2, 0) is 0 Å². The van der Waals surface area contributed by atoms with Crippen LogP contribution in [0.3, 0.4) is 0 Å². The van der Waals surface area contributed by atoms with Crippen LogP contribution in [0.2, 0.25) is 0 Å². The first kappa shape index (κ1) is 32.4. The highest BCUT2D eigenvalue weighted by Gasteiger charge is 2.33. The lowest BCUT2D eigenvalue weighted by molar-refractivity contribution is 1.03. The summed E-state index contributed by atoms with van der Waals surface area (Å²) in [7, 11) is 0. The van der Waals surface area contributed by atoms with E-state index in [2.05, 4.69) is 221 Å². The monoisotopic (exact) mass is 748 g/mol. The molecule has 2 aromatic heterocycles. The van der Waals surface area contributed by atoms with Gasteiger partial charge in [-0.1, -0.05) is 158 Å². The fourth-order valence-electron chi connectivity index (χ4n) is 10.4. The highest BCUT2D eigenvalue weighted by molar-refractivity contribution is 6.17. The number of para-hydroxylation sites is 1. The van der Waals surface area contributed by atoms with Crippen molar-refractivity contribution in [2.24, 2.45) is 0 Å². The molecule has 0 fully saturated rings. The summed E-state index contributed by atoms with van der Waals surface area (Å²) in [5, 5.41) is 10.1. The van der Waals surface area contributed by atoms with Crippen molar-refractivity contribution in [1.29, 1.82) is 0 Å². The molecular weight excluding hydrogens is 713 g/mol. The van der Waals surface area contributed by atoms with E-state index in [0.717, 1.165) is 0 Å². The largest absolute Gasteiger partial charge is 0.309 e. The van der Waals surface area contributed by atoms with Gasteiger partial charge in [-0.15, -0.1) is 0 Å². The Kier molecular flexibility index (Phi) is 6.82. The molecule has 274 valence electrons. The van der Waals surface area contributed by atoms with Crippen LogP contribution in [0, 0.1) is 0 Å². The standard InChI is InChI=1S/C57H36N2/c1-2-15-38(16-3-1)55-46-22-9-8-20-44(46)47-29-32-54-56(57(47)55)49-35-41(27-31-53(49)59(54)50-24-12-18-37-14-6-7-19-43(37)50)40-26-30-52-48(34-40)45-21-10-11-23-51(45)58(52)42-28-25-36-13-4-5-17-39(36)33-42/h1-35,55H. The van der Waals surface area contributed by atoms with Crippen LogP contribution < -0.4 is 0 Å². The quantitative estimate of drug-likeness (QED) is 0.170. The molecule has 2 heterocycles. The van der Waals surface area contributed by atoms with Crippen molar-refractivity contribution in [2.45, 2.75) is 5.92 Å². The molecule has 1 aliphatic rings. The summed E-state index contributed by atoms with van der Waals surface area (Å²) in [6, 6.07) is 78.8. The van der Waals surface area contributed by atoms with Crippen LogP contribution in [0.5, 0.6) is 0 Å². The third kappa shape index (κ3) is 4.69. The highest BCUT2D eigenvalue weighted by Crippen LogP contribution is 2.53. The summed E-state index contributed by atoms with van der Waals surface area (Å²) in [6.07, 6.45) is 0. The summed E-state index contributed by atoms with van der Waals surface area (Å²) in [6.45, 7) is 0. The first-order chi connectivity index (χ1) is 29.3. The Morgan fingerprint density at radius 1 is 0.339 bits per heavy atom. The molecule has 0 saturated heterocycles. The molecule has 0 bridgehead atoms. The predicted molar refractivity (Wildman–Crippen MR) is 248 cm³/mol. The first-order valence-electron chi connectivity index (χ1n) is 20.5. The fourth-order valence-corrected chi connectivity index (χ4v) is 10.4. The molecule has 13 rings (SSSR count). The molecule has 59 heavy (non-hydrogen) atoms. The van der Waals surface area contributed by atoms with Crippen LogP contribution in [0.15, 0.2) is 212 Å². The number of nitrogens with zero attached hydrogens (tertiary/aromatic N) is 2. The van der Waals surface area contributed by atoms with Gasteiger partial charge in [0, 0.05) is 38.5 Å². The van der Waals surface area contributed by atoms with Gasteiger partial charge in [-0.05, 0) is 110 Å². The number of benzene rings is 10. The van der Waals surface area contributed by atoms with Gasteiger partial charge < -0.3 is 9.13 Å². The van der Waals surface area contributed by atoms with Crippen molar-refractivity contribution in [3.63, 3.8) is 0 Å². The van der Waals surface area contributed by atoms with Crippen molar-refractivity contribution in [1.82, 2.24) is 9.13 Å². The molecule has 10 aromatic carbocycles. The molecule has 0 N–H and O–H groups in total. The van der Waals surface area contributed by atoms with Crippen molar-refractivity contribution >= 4 is 65.2 Å². The molecule has 0 spiro atoms. The van der Waals surface area contributed by atoms with Crippen LogP contribution in [0.4, 0.5) is 0 Å². The zero-order chi connectivity index (χ0) is 38.6. The molecule has 1 aliphatic carbocycles. The topological polar surface area (TPSA) is 9.86 Å². The third-order valence-electron chi connectivity index (χ3n) is 13.0. The minimum Gasteiger partial charge on any atom is -0.309 e. The minimum absolute atomic E-state index is 0.124. The lowest BCUT2D eigenvalue weighted by Gasteiger charge is -2.16. The molecule has 1 atom stereocenters. The Hall–Kier alpha value is -7.68.